The summed E-state index contributed by atoms with van der Waals surface area (Å²) in [6.07, 6.45) is 4.84. The van der Waals surface area contributed by atoms with Crippen LogP contribution >= 0.6 is 0 Å². The number of hydrogen-bond donors (Lipinski definition) is 0. The minimum atomic E-state index is -4.57. The van der Waals surface area contributed by atoms with E-state index in [2.05, 4.69) is 20.1 Å². The van der Waals surface area contributed by atoms with Crippen LogP contribution in [0.25, 0.3) is 11.3 Å². The van der Waals surface area contributed by atoms with Gasteiger partial charge in [0.15, 0.2) is 0 Å². The summed E-state index contributed by atoms with van der Waals surface area (Å²) in [4.78, 5) is 25.5. The molecule has 3 aromatic heterocycles. The second-order valence-electron chi connectivity index (χ2n) is 9.60. The zero-order valence-corrected chi connectivity index (χ0v) is 21.7. The second-order valence-corrected chi connectivity index (χ2v) is 9.60. The van der Waals surface area contributed by atoms with Crippen molar-refractivity contribution in [2.24, 2.45) is 0 Å². The van der Waals surface area contributed by atoms with E-state index in [9.17, 15) is 22.4 Å². The highest BCUT2D eigenvalue weighted by molar-refractivity contribution is 5.57. The first kappa shape index (κ1) is 28.1. The molecule has 0 N–H and O–H groups in total. The van der Waals surface area contributed by atoms with Crippen molar-refractivity contribution in [3.63, 3.8) is 0 Å². The van der Waals surface area contributed by atoms with Crippen molar-refractivity contribution in [1.29, 1.82) is 0 Å². The molecule has 6 nitrogen and oxygen atoms in total. The van der Waals surface area contributed by atoms with Crippen molar-refractivity contribution in [2.45, 2.75) is 64.6 Å². The van der Waals surface area contributed by atoms with Gasteiger partial charge in [0.05, 0.1) is 23.5 Å². The summed E-state index contributed by atoms with van der Waals surface area (Å²) in [5.41, 5.74) is 1.13. The lowest BCUT2D eigenvalue weighted by Crippen LogP contribution is -2.30. The largest absolute Gasteiger partial charge is 0.418 e. The zero-order chi connectivity index (χ0) is 28.0. The standard InChI is InChI=1S/C22H22F3N5O.C7H7F/c1-14-27-11-16(12-28-14)19-10-17(15-6-3-2-4-7-15)21(31)30(29-19)13-20-18(22(23,24)25)8-5-9-26-20;1-6-3-2-4-7(8)5-6/h5,8-12,15H,2-4,6-7,13H2,1H3;2-5H,1H3. The molecule has 1 saturated carbocycles. The van der Waals surface area contributed by atoms with Crippen molar-refractivity contribution in [3.8, 4) is 11.3 Å². The van der Waals surface area contributed by atoms with Crippen LogP contribution in [0.3, 0.4) is 0 Å². The average Bonchev–Trinajstić information content (AvgIpc) is 2.91. The summed E-state index contributed by atoms with van der Waals surface area (Å²) in [7, 11) is 0. The highest BCUT2D eigenvalue weighted by atomic mass is 19.4. The first-order valence-electron chi connectivity index (χ1n) is 12.8. The number of aryl methyl sites for hydroxylation is 2. The summed E-state index contributed by atoms with van der Waals surface area (Å²) in [5, 5.41) is 4.36. The Bertz CT molecular complexity index is 1440. The Morgan fingerprint density at radius 2 is 1.67 bits per heavy atom. The fourth-order valence-corrected chi connectivity index (χ4v) is 4.61. The molecule has 0 spiro atoms. The van der Waals surface area contributed by atoms with Crippen LogP contribution in [0.5, 0.6) is 0 Å². The Morgan fingerprint density at radius 1 is 0.949 bits per heavy atom. The molecule has 204 valence electrons. The fraction of sp³-hybridized carbons (Fsp3) is 0.345. The summed E-state index contributed by atoms with van der Waals surface area (Å²) in [6, 6.07) is 10.4. The van der Waals surface area contributed by atoms with Crippen molar-refractivity contribution in [1.82, 2.24) is 24.7 Å². The Hall–Kier alpha value is -3.95. The lowest BCUT2D eigenvalue weighted by molar-refractivity contribution is -0.138. The van der Waals surface area contributed by atoms with Crippen LogP contribution in [0.2, 0.25) is 0 Å². The third-order valence-electron chi connectivity index (χ3n) is 6.60. The molecule has 0 aliphatic heterocycles. The van der Waals surface area contributed by atoms with Gasteiger partial charge in [0.1, 0.15) is 11.6 Å². The first-order valence-corrected chi connectivity index (χ1v) is 12.8. The van der Waals surface area contributed by atoms with Crippen molar-refractivity contribution in [3.05, 3.63) is 105 Å². The van der Waals surface area contributed by atoms with E-state index in [0.717, 1.165) is 48.4 Å². The number of alkyl halides is 3. The summed E-state index contributed by atoms with van der Waals surface area (Å²) >= 11 is 0. The molecule has 0 saturated heterocycles. The van der Waals surface area contributed by atoms with E-state index in [1.165, 1.54) is 24.4 Å². The molecule has 5 rings (SSSR count). The Balaban J connectivity index is 0.000000379. The predicted octanol–water partition coefficient (Wildman–Crippen LogP) is 6.65. The van der Waals surface area contributed by atoms with Gasteiger partial charge in [0.2, 0.25) is 0 Å². The van der Waals surface area contributed by atoms with Crippen LogP contribution in [0.1, 0.15) is 66.2 Å². The molecule has 0 amide bonds. The summed E-state index contributed by atoms with van der Waals surface area (Å²) in [6.45, 7) is 3.25. The van der Waals surface area contributed by atoms with Gasteiger partial charge in [0.25, 0.3) is 5.56 Å². The van der Waals surface area contributed by atoms with Gasteiger partial charge in [-0.2, -0.15) is 18.3 Å². The van der Waals surface area contributed by atoms with Crippen LogP contribution in [0.15, 0.2) is 65.8 Å². The third kappa shape index (κ3) is 7.34. The molecule has 1 aliphatic rings. The lowest BCUT2D eigenvalue weighted by Gasteiger charge is -2.22. The highest BCUT2D eigenvalue weighted by Gasteiger charge is 2.34. The minimum Gasteiger partial charge on any atom is -0.267 e. The van der Waals surface area contributed by atoms with E-state index in [-0.39, 0.29) is 29.5 Å². The van der Waals surface area contributed by atoms with E-state index in [4.69, 9.17) is 0 Å². The number of hydrogen-bond acceptors (Lipinski definition) is 5. The number of halogens is 4. The minimum absolute atomic E-state index is 0.0615. The molecule has 1 aliphatic carbocycles. The topological polar surface area (TPSA) is 73.6 Å². The molecule has 10 heteroatoms. The molecule has 3 heterocycles. The molecular weight excluding hydrogens is 510 g/mol. The number of pyridine rings is 1. The normalized spacial score (nSPS) is 14.0. The molecular formula is C29H29F4N5O. The zero-order valence-electron chi connectivity index (χ0n) is 21.7. The Labute approximate surface area is 223 Å². The van der Waals surface area contributed by atoms with Crippen molar-refractivity contribution in [2.75, 3.05) is 0 Å². The molecule has 4 aromatic rings. The van der Waals surface area contributed by atoms with E-state index >= 15 is 0 Å². The van der Waals surface area contributed by atoms with Gasteiger partial charge in [0, 0.05) is 29.7 Å². The summed E-state index contributed by atoms with van der Waals surface area (Å²) < 4.78 is 53.6. The molecule has 0 atom stereocenters. The maximum absolute atomic E-state index is 13.4. The van der Waals surface area contributed by atoms with Gasteiger partial charge in [-0.1, -0.05) is 31.4 Å². The van der Waals surface area contributed by atoms with E-state index in [0.29, 0.717) is 22.6 Å². The molecule has 0 radical (unpaired) electrons. The maximum Gasteiger partial charge on any atom is 0.418 e. The van der Waals surface area contributed by atoms with Crippen LogP contribution in [0.4, 0.5) is 17.6 Å². The van der Waals surface area contributed by atoms with Crippen LogP contribution in [0, 0.1) is 19.7 Å². The number of nitrogens with zero attached hydrogens (tertiary/aromatic N) is 5. The lowest BCUT2D eigenvalue weighted by atomic mass is 9.84. The maximum atomic E-state index is 13.4. The SMILES string of the molecule is Cc1cccc(F)c1.Cc1ncc(-c2cc(C3CCCCC3)c(=O)n(Cc3ncccc3C(F)(F)F)n2)cn1. The van der Waals surface area contributed by atoms with E-state index < -0.39 is 11.7 Å². The monoisotopic (exact) mass is 539 g/mol. The summed E-state index contributed by atoms with van der Waals surface area (Å²) in [5.74, 6) is 0.490. The van der Waals surface area contributed by atoms with E-state index in [1.807, 2.05) is 13.0 Å². The second kappa shape index (κ2) is 12.3. The first-order chi connectivity index (χ1) is 18.6. The Morgan fingerprint density at radius 3 is 2.28 bits per heavy atom. The molecule has 0 bridgehead atoms. The van der Waals surface area contributed by atoms with Crippen LogP contribution in [-0.4, -0.2) is 24.7 Å². The third-order valence-corrected chi connectivity index (χ3v) is 6.60. The highest BCUT2D eigenvalue weighted by Crippen LogP contribution is 2.33. The molecule has 1 fully saturated rings. The van der Waals surface area contributed by atoms with Gasteiger partial charge >= 0.3 is 6.18 Å². The van der Waals surface area contributed by atoms with Crippen LogP contribution in [-0.2, 0) is 12.7 Å². The number of benzene rings is 1. The molecule has 39 heavy (non-hydrogen) atoms. The average molecular weight is 540 g/mol. The van der Waals surface area contributed by atoms with Crippen molar-refractivity contribution < 1.29 is 17.6 Å². The smallest absolute Gasteiger partial charge is 0.267 e. The van der Waals surface area contributed by atoms with Gasteiger partial charge in [-0.25, -0.2) is 19.0 Å². The molecule has 1 aromatic carbocycles. The Kier molecular flexibility index (Phi) is 8.83. The van der Waals surface area contributed by atoms with Gasteiger partial charge in [-0.05, 0) is 68.5 Å². The van der Waals surface area contributed by atoms with Crippen LogP contribution < -0.4 is 5.56 Å². The fourth-order valence-electron chi connectivity index (χ4n) is 4.61. The predicted molar refractivity (Wildman–Crippen MR) is 140 cm³/mol. The van der Waals surface area contributed by atoms with Gasteiger partial charge in [-0.3, -0.25) is 9.78 Å². The number of rotatable bonds is 4. The van der Waals surface area contributed by atoms with Gasteiger partial charge in [-0.15, -0.1) is 0 Å². The molecule has 0 unspecified atom stereocenters. The van der Waals surface area contributed by atoms with Crippen molar-refractivity contribution >= 4 is 0 Å². The van der Waals surface area contributed by atoms with Gasteiger partial charge < -0.3 is 0 Å². The quantitative estimate of drug-likeness (QED) is 0.272. The van der Waals surface area contributed by atoms with E-state index in [1.54, 1.807) is 31.5 Å². The number of aromatic nitrogens is 5.